The molecular weight excluding hydrogens is 246 g/mol. The average Bonchev–Trinajstić information content (AvgIpc) is 2.46. The molecule has 1 aliphatic rings. The minimum Gasteiger partial charge on any atom is -0.496 e. The van der Waals surface area contributed by atoms with Crippen molar-refractivity contribution in [3.8, 4) is 5.75 Å². The van der Waals surface area contributed by atoms with Gasteiger partial charge in [0.25, 0.3) is 0 Å². The van der Waals surface area contributed by atoms with Gasteiger partial charge in [-0.25, -0.2) is 0 Å². The molecule has 1 aliphatic carbocycles. The summed E-state index contributed by atoms with van der Waals surface area (Å²) in [5, 5.41) is 0. The largest absolute Gasteiger partial charge is 0.496 e. The Morgan fingerprint density at radius 3 is 2.50 bits per heavy atom. The van der Waals surface area contributed by atoms with E-state index in [0.29, 0.717) is 6.04 Å². The summed E-state index contributed by atoms with van der Waals surface area (Å²) < 4.78 is 5.67. The first-order valence-corrected chi connectivity index (χ1v) is 8.10. The Morgan fingerprint density at radius 1 is 1.20 bits per heavy atom. The number of ether oxygens (including phenoxy) is 1. The van der Waals surface area contributed by atoms with Crippen molar-refractivity contribution in [3.63, 3.8) is 0 Å². The van der Waals surface area contributed by atoms with Gasteiger partial charge in [0, 0.05) is 6.04 Å². The standard InChI is InChI=1S/C18H29NO/c1-5-11-19(12-6-2)16-10-9-15-8-7-14(3)18(20-4)17(15)13-16/h7-8,16H,5-6,9-13H2,1-4H3/t16-/m0/s1. The molecule has 0 radical (unpaired) electrons. The van der Waals surface area contributed by atoms with E-state index in [9.17, 15) is 0 Å². The van der Waals surface area contributed by atoms with Crippen LogP contribution in [-0.4, -0.2) is 31.1 Å². The van der Waals surface area contributed by atoms with E-state index in [0.717, 1.165) is 12.2 Å². The first kappa shape index (κ1) is 15.4. The fourth-order valence-corrected chi connectivity index (χ4v) is 3.55. The first-order chi connectivity index (χ1) is 9.71. The highest BCUT2D eigenvalue weighted by atomic mass is 16.5. The lowest BCUT2D eigenvalue weighted by atomic mass is 9.85. The van der Waals surface area contributed by atoms with E-state index < -0.39 is 0 Å². The van der Waals surface area contributed by atoms with Gasteiger partial charge in [0.15, 0.2) is 0 Å². The van der Waals surface area contributed by atoms with E-state index in [1.54, 1.807) is 0 Å². The third kappa shape index (κ3) is 3.17. The average molecular weight is 275 g/mol. The second-order valence-corrected chi connectivity index (χ2v) is 5.99. The van der Waals surface area contributed by atoms with Gasteiger partial charge in [-0.3, -0.25) is 0 Å². The fourth-order valence-electron chi connectivity index (χ4n) is 3.55. The third-order valence-corrected chi connectivity index (χ3v) is 4.48. The third-order valence-electron chi connectivity index (χ3n) is 4.48. The summed E-state index contributed by atoms with van der Waals surface area (Å²) in [7, 11) is 1.81. The van der Waals surface area contributed by atoms with E-state index in [1.807, 2.05) is 7.11 Å². The van der Waals surface area contributed by atoms with E-state index in [4.69, 9.17) is 4.74 Å². The topological polar surface area (TPSA) is 12.5 Å². The number of fused-ring (bicyclic) bond motifs is 1. The first-order valence-electron chi connectivity index (χ1n) is 8.10. The minimum absolute atomic E-state index is 0.693. The van der Waals surface area contributed by atoms with Crippen LogP contribution in [0.25, 0.3) is 0 Å². The van der Waals surface area contributed by atoms with Crippen LogP contribution in [-0.2, 0) is 12.8 Å². The second-order valence-electron chi connectivity index (χ2n) is 5.99. The highest BCUT2D eigenvalue weighted by molar-refractivity contribution is 5.47. The lowest BCUT2D eigenvalue weighted by Gasteiger charge is -2.35. The van der Waals surface area contributed by atoms with Crippen molar-refractivity contribution >= 4 is 0 Å². The van der Waals surface area contributed by atoms with Crippen LogP contribution >= 0.6 is 0 Å². The van der Waals surface area contributed by atoms with Crippen molar-refractivity contribution in [2.24, 2.45) is 0 Å². The fraction of sp³-hybridized carbons (Fsp3) is 0.667. The predicted molar refractivity (Wildman–Crippen MR) is 85.7 cm³/mol. The van der Waals surface area contributed by atoms with Crippen LogP contribution in [0.3, 0.4) is 0 Å². The number of hydrogen-bond donors (Lipinski definition) is 0. The Labute approximate surface area is 124 Å². The van der Waals surface area contributed by atoms with Gasteiger partial charge in [-0.1, -0.05) is 26.0 Å². The Morgan fingerprint density at radius 2 is 1.90 bits per heavy atom. The van der Waals surface area contributed by atoms with Crippen molar-refractivity contribution in [1.82, 2.24) is 4.90 Å². The molecular formula is C18H29NO. The summed E-state index contributed by atoms with van der Waals surface area (Å²) >= 11 is 0. The molecule has 1 aromatic rings. The van der Waals surface area contributed by atoms with E-state index >= 15 is 0 Å². The van der Waals surface area contributed by atoms with Crippen molar-refractivity contribution in [1.29, 1.82) is 0 Å². The molecule has 0 aliphatic heterocycles. The molecule has 112 valence electrons. The van der Waals surface area contributed by atoms with Gasteiger partial charge in [0.05, 0.1) is 7.11 Å². The van der Waals surface area contributed by atoms with Crippen LogP contribution in [0.15, 0.2) is 12.1 Å². The van der Waals surface area contributed by atoms with Crippen LogP contribution in [0, 0.1) is 6.92 Å². The predicted octanol–water partition coefficient (Wildman–Crippen LogP) is 3.98. The molecule has 1 aromatic carbocycles. The van der Waals surface area contributed by atoms with Crippen LogP contribution < -0.4 is 4.74 Å². The molecule has 0 unspecified atom stereocenters. The number of aryl methyl sites for hydroxylation is 2. The molecule has 0 spiro atoms. The highest BCUT2D eigenvalue weighted by Gasteiger charge is 2.26. The van der Waals surface area contributed by atoms with Crippen molar-refractivity contribution < 1.29 is 4.74 Å². The van der Waals surface area contributed by atoms with Gasteiger partial charge < -0.3 is 9.64 Å². The van der Waals surface area contributed by atoms with Gasteiger partial charge in [0.1, 0.15) is 5.75 Å². The molecule has 0 saturated heterocycles. The number of hydrogen-bond acceptors (Lipinski definition) is 2. The molecule has 0 bridgehead atoms. The molecule has 0 amide bonds. The maximum Gasteiger partial charge on any atom is 0.125 e. The maximum atomic E-state index is 5.67. The number of methoxy groups -OCH3 is 1. The number of benzene rings is 1. The summed E-state index contributed by atoms with van der Waals surface area (Å²) in [6.45, 7) is 9.16. The summed E-state index contributed by atoms with van der Waals surface area (Å²) in [5.74, 6) is 1.13. The molecule has 0 fully saturated rings. The number of rotatable bonds is 6. The summed E-state index contributed by atoms with van der Waals surface area (Å²) in [6.07, 6.45) is 6.13. The lowest BCUT2D eigenvalue weighted by molar-refractivity contribution is 0.178. The lowest BCUT2D eigenvalue weighted by Crippen LogP contribution is -2.40. The molecule has 0 N–H and O–H groups in total. The van der Waals surface area contributed by atoms with Gasteiger partial charge in [-0.15, -0.1) is 0 Å². The van der Waals surface area contributed by atoms with Crippen LogP contribution in [0.4, 0.5) is 0 Å². The zero-order valence-corrected chi connectivity index (χ0v) is 13.5. The van der Waals surface area contributed by atoms with Gasteiger partial charge in [-0.05, 0) is 68.8 Å². The molecule has 2 heteroatoms. The van der Waals surface area contributed by atoms with E-state index in [-0.39, 0.29) is 0 Å². The van der Waals surface area contributed by atoms with E-state index in [2.05, 4.69) is 37.8 Å². The Balaban J connectivity index is 2.22. The molecule has 0 saturated carbocycles. The van der Waals surface area contributed by atoms with Crippen LogP contribution in [0.5, 0.6) is 5.75 Å². The minimum atomic E-state index is 0.693. The van der Waals surface area contributed by atoms with Crippen molar-refractivity contribution in [2.75, 3.05) is 20.2 Å². The molecule has 2 rings (SSSR count). The van der Waals surface area contributed by atoms with Gasteiger partial charge in [0.2, 0.25) is 0 Å². The monoisotopic (exact) mass is 275 g/mol. The maximum absolute atomic E-state index is 5.67. The zero-order chi connectivity index (χ0) is 14.5. The van der Waals surface area contributed by atoms with Crippen molar-refractivity contribution in [2.45, 2.75) is 58.9 Å². The second kappa shape index (κ2) is 7.12. The SMILES string of the molecule is CCCN(CCC)[C@H]1CCc2ccc(C)c(OC)c2C1. The van der Waals surface area contributed by atoms with E-state index in [1.165, 1.54) is 55.5 Å². The summed E-state index contributed by atoms with van der Waals surface area (Å²) in [5.41, 5.74) is 4.22. The van der Waals surface area contributed by atoms with Crippen molar-refractivity contribution in [3.05, 3.63) is 28.8 Å². The Kier molecular flexibility index (Phi) is 5.47. The molecule has 1 atom stereocenters. The molecule has 0 aromatic heterocycles. The molecule has 0 heterocycles. The quantitative estimate of drug-likeness (QED) is 0.778. The van der Waals surface area contributed by atoms with Crippen LogP contribution in [0.1, 0.15) is 49.8 Å². The van der Waals surface area contributed by atoms with Crippen LogP contribution in [0.2, 0.25) is 0 Å². The van der Waals surface area contributed by atoms with Gasteiger partial charge >= 0.3 is 0 Å². The summed E-state index contributed by atoms with van der Waals surface area (Å²) in [4.78, 5) is 2.69. The zero-order valence-electron chi connectivity index (χ0n) is 13.5. The number of nitrogens with zero attached hydrogens (tertiary/aromatic N) is 1. The Hall–Kier alpha value is -1.02. The highest BCUT2D eigenvalue weighted by Crippen LogP contribution is 2.34. The Bertz CT molecular complexity index is 435. The molecule has 2 nitrogen and oxygen atoms in total. The molecule has 20 heavy (non-hydrogen) atoms. The van der Waals surface area contributed by atoms with Gasteiger partial charge in [-0.2, -0.15) is 0 Å². The summed E-state index contributed by atoms with van der Waals surface area (Å²) in [6, 6.07) is 5.19. The normalized spacial score (nSPS) is 18.1. The smallest absolute Gasteiger partial charge is 0.125 e.